The minimum absolute atomic E-state index is 0.924. The summed E-state index contributed by atoms with van der Waals surface area (Å²) in [6.07, 6.45) is 9.07. The largest absolute Gasteiger partial charge is 0.497 e. The summed E-state index contributed by atoms with van der Waals surface area (Å²) in [5, 5.41) is 0. The molecule has 1 aliphatic rings. The molecule has 1 aliphatic carbocycles. The summed E-state index contributed by atoms with van der Waals surface area (Å²) in [6.45, 7) is 2.24. The third kappa shape index (κ3) is 4.46. The van der Waals surface area contributed by atoms with E-state index in [-0.39, 0.29) is 0 Å². The van der Waals surface area contributed by atoms with Crippen molar-refractivity contribution in [1.29, 1.82) is 0 Å². The summed E-state index contributed by atoms with van der Waals surface area (Å²) in [7, 11) is 6.04. The van der Waals surface area contributed by atoms with Gasteiger partial charge in [-0.3, -0.25) is 0 Å². The first-order valence-corrected chi connectivity index (χ1v) is 9.69. The van der Waals surface area contributed by atoms with Gasteiger partial charge in [0.2, 0.25) is 0 Å². The van der Waals surface area contributed by atoms with E-state index in [0.717, 1.165) is 18.8 Å². The summed E-state index contributed by atoms with van der Waals surface area (Å²) >= 11 is 0. The number of hydrogen-bond donors (Lipinski definition) is 0. The van der Waals surface area contributed by atoms with Gasteiger partial charge >= 0.3 is 0 Å². The minimum atomic E-state index is 0.924. The molecule has 0 unspecified atom stereocenters. The zero-order valence-corrected chi connectivity index (χ0v) is 16.1. The zero-order valence-electron chi connectivity index (χ0n) is 16.1. The first-order valence-electron chi connectivity index (χ1n) is 9.69. The van der Waals surface area contributed by atoms with Crippen molar-refractivity contribution in [2.45, 2.75) is 51.5 Å². The Morgan fingerprint density at radius 3 is 2.40 bits per heavy atom. The van der Waals surface area contributed by atoms with Crippen LogP contribution >= 0.6 is 0 Å². The van der Waals surface area contributed by atoms with E-state index in [9.17, 15) is 0 Å². The van der Waals surface area contributed by atoms with Gasteiger partial charge in [0.25, 0.3) is 0 Å². The monoisotopic (exact) mass is 340 g/mol. The average molecular weight is 341 g/mol. The van der Waals surface area contributed by atoms with Gasteiger partial charge in [0.05, 0.1) is 7.11 Å². The maximum absolute atomic E-state index is 5.33. The molecule has 25 heavy (non-hydrogen) atoms. The third-order valence-electron chi connectivity index (χ3n) is 5.28. The van der Waals surface area contributed by atoms with Gasteiger partial charge in [0.1, 0.15) is 5.75 Å². The number of benzene rings is 1. The SMILES string of the molecule is COc1ccc(-c2cc3c(n2CCCN(C)C)CCCCCC3)cc1. The molecule has 0 N–H and O–H groups in total. The topological polar surface area (TPSA) is 17.4 Å². The van der Waals surface area contributed by atoms with Gasteiger partial charge < -0.3 is 14.2 Å². The van der Waals surface area contributed by atoms with E-state index < -0.39 is 0 Å². The maximum Gasteiger partial charge on any atom is 0.118 e. The standard InChI is InChI=1S/C22H32N2O/c1-23(2)15-8-16-24-21-10-7-5-4-6-9-19(21)17-22(24)18-11-13-20(25-3)14-12-18/h11-14,17H,4-10,15-16H2,1-3H3. The van der Waals surface area contributed by atoms with E-state index in [4.69, 9.17) is 4.74 Å². The van der Waals surface area contributed by atoms with Crippen LogP contribution in [-0.2, 0) is 19.4 Å². The first-order chi connectivity index (χ1) is 12.2. The van der Waals surface area contributed by atoms with E-state index in [1.165, 1.54) is 56.2 Å². The predicted octanol–water partition coefficient (Wildman–Crippen LogP) is 4.77. The fraction of sp³-hybridized carbons (Fsp3) is 0.545. The van der Waals surface area contributed by atoms with Crippen molar-refractivity contribution in [3.63, 3.8) is 0 Å². The van der Waals surface area contributed by atoms with Crippen LogP contribution in [0.2, 0.25) is 0 Å². The van der Waals surface area contributed by atoms with E-state index in [1.54, 1.807) is 18.4 Å². The molecule has 0 spiro atoms. The molecule has 136 valence electrons. The van der Waals surface area contributed by atoms with Crippen LogP contribution in [0.3, 0.4) is 0 Å². The lowest BCUT2D eigenvalue weighted by molar-refractivity contribution is 0.385. The Bertz CT molecular complexity index is 670. The lowest BCUT2D eigenvalue weighted by atomic mass is 9.98. The van der Waals surface area contributed by atoms with Gasteiger partial charge in [-0.1, -0.05) is 12.8 Å². The van der Waals surface area contributed by atoms with Crippen LogP contribution in [0.25, 0.3) is 11.3 Å². The molecule has 0 amide bonds. The Labute approximate surface area is 152 Å². The van der Waals surface area contributed by atoms with Crippen LogP contribution in [-0.4, -0.2) is 37.2 Å². The molecule has 0 atom stereocenters. The lowest BCUT2D eigenvalue weighted by Gasteiger charge is -2.18. The Kier molecular flexibility index (Phi) is 6.19. The van der Waals surface area contributed by atoms with Crippen LogP contribution in [0.1, 0.15) is 43.4 Å². The molecule has 0 saturated heterocycles. The highest BCUT2D eigenvalue weighted by molar-refractivity contribution is 5.63. The molecule has 0 fully saturated rings. The van der Waals surface area contributed by atoms with Crippen LogP contribution in [0, 0.1) is 0 Å². The maximum atomic E-state index is 5.33. The number of nitrogens with zero attached hydrogens (tertiary/aromatic N) is 2. The quantitative estimate of drug-likeness (QED) is 0.753. The Balaban J connectivity index is 1.94. The van der Waals surface area contributed by atoms with Gasteiger partial charge in [-0.05, 0) is 94.2 Å². The summed E-state index contributed by atoms with van der Waals surface area (Å²) in [4.78, 5) is 2.28. The molecular weight excluding hydrogens is 308 g/mol. The molecule has 2 aromatic rings. The summed E-state index contributed by atoms with van der Waals surface area (Å²) in [6, 6.07) is 11.0. The van der Waals surface area contributed by atoms with E-state index in [0.29, 0.717) is 0 Å². The molecule has 1 heterocycles. The Hall–Kier alpha value is -1.74. The second kappa shape index (κ2) is 8.57. The van der Waals surface area contributed by atoms with Crippen LogP contribution < -0.4 is 4.74 Å². The molecule has 0 aliphatic heterocycles. The van der Waals surface area contributed by atoms with Crippen molar-refractivity contribution in [3.05, 3.63) is 41.6 Å². The molecule has 0 saturated carbocycles. The van der Waals surface area contributed by atoms with Gasteiger partial charge in [-0.25, -0.2) is 0 Å². The molecule has 3 heteroatoms. The second-order valence-electron chi connectivity index (χ2n) is 7.45. The Morgan fingerprint density at radius 2 is 1.72 bits per heavy atom. The van der Waals surface area contributed by atoms with E-state index in [2.05, 4.69) is 53.9 Å². The first kappa shape index (κ1) is 18.1. The number of fused-ring (bicyclic) bond motifs is 1. The molecule has 1 aromatic heterocycles. The average Bonchev–Trinajstić information content (AvgIpc) is 2.91. The van der Waals surface area contributed by atoms with E-state index >= 15 is 0 Å². The number of methoxy groups -OCH3 is 1. The highest BCUT2D eigenvalue weighted by Crippen LogP contribution is 2.31. The van der Waals surface area contributed by atoms with Crippen LogP contribution in [0.15, 0.2) is 30.3 Å². The van der Waals surface area contributed by atoms with Gasteiger partial charge in [0.15, 0.2) is 0 Å². The van der Waals surface area contributed by atoms with Crippen molar-refractivity contribution in [1.82, 2.24) is 9.47 Å². The summed E-state index contributed by atoms with van der Waals surface area (Å²) < 4.78 is 7.93. The number of aryl methyl sites for hydroxylation is 1. The number of rotatable bonds is 6. The normalized spacial score (nSPS) is 14.9. The summed E-state index contributed by atoms with van der Waals surface area (Å²) in [5.74, 6) is 0.924. The van der Waals surface area contributed by atoms with Crippen molar-refractivity contribution in [2.24, 2.45) is 0 Å². The highest BCUT2D eigenvalue weighted by atomic mass is 16.5. The van der Waals surface area contributed by atoms with Crippen molar-refractivity contribution < 1.29 is 4.74 Å². The summed E-state index contributed by atoms with van der Waals surface area (Å²) in [5.41, 5.74) is 5.85. The smallest absolute Gasteiger partial charge is 0.118 e. The predicted molar refractivity (Wildman–Crippen MR) is 105 cm³/mol. The number of hydrogen-bond acceptors (Lipinski definition) is 2. The minimum Gasteiger partial charge on any atom is -0.497 e. The number of aromatic nitrogens is 1. The molecule has 0 radical (unpaired) electrons. The zero-order chi connectivity index (χ0) is 17.6. The van der Waals surface area contributed by atoms with Crippen molar-refractivity contribution in [3.8, 4) is 17.0 Å². The molecule has 1 aromatic carbocycles. The fourth-order valence-electron chi connectivity index (χ4n) is 3.92. The second-order valence-corrected chi connectivity index (χ2v) is 7.45. The fourth-order valence-corrected chi connectivity index (χ4v) is 3.92. The number of ether oxygens (including phenoxy) is 1. The molecule has 3 rings (SSSR count). The van der Waals surface area contributed by atoms with Crippen molar-refractivity contribution in [2.75, 3.05) is 27.7 Å². The van der Waals surface area contributed by atoms with Gasteiger partial charge in [-0.2, -0.15) is 0 Å². The Morgan fingerprint density at radius 1 is 1.00 bits per heavy atom. The van der Waals surface area contributed by atoms with Gasteiger partial charge in [0, 0.05) is 17.9 Å². The van der Waals surface area contributed by atoms with Crippen LogP contribution in [0.5, 0.6) is 5.75 Å². The third-order valence-corrected chi connectivity index (χ3v) is 5.28. The molecule has 3 nitrogen and oxygen atoms in total. The lowest BCUT2D eigenvalue weighted by Crippen LogP contribution is -2.16. The highest BCUT2D eigenvalue weighted by Gasteiger charge is 2.17. The van der Waals surface area contributed by atoms with E-state index in [1.807, 2.05) is 0 Å². The molecular formula is C22H32N2O. The van der Waals surface area contributed by atoms with Crippen molar-refractivity contribution >= 4 is 0 Å². The van der Waals surface area contributed by atoms with Crippen LogP contribution in [0.4, 0.5) is 0 Å². The van der Waals surface area contributed by atoms with Gasteiger partial charge in [-0.15, -0.1) is 0 Å². The molecule has 0 bridgehead atoms.